The van der Waals surface area contributed by atoms with Gasteiger partial charge in [0, 0.05) is 6.20 Å². The van der Waals surface area contributed by atoms with Crippen molar-refractivity contribution in [3.8, 4) is 0 Å². The highest BCUT2D eigenvalue weighted by Gasteiger charge is 1.89. The van der Waals surface area contributed by atoms with Crippen molar-refractivity contribution in [2.75, 3.05) is 0 Å². The highest BCUT2D eigenvalue weighted by molar-refractivity contribution is 6.30. The van der Waals surface area contributed by atoms with Crippen LogP contribution < -0.4 is 0 Å². The maximum Gasteiger partial charge on any atom is 0.196 e. The maximum atomic E-state index is 9.76. The van der Waals surface area contributed by atoms with Gasteiger partial charge in [0.25, 0.3) is 0 Å². The van der Waals surface area contributed by atoms with E-state index in [0.717, 1.165) is 0 Å². The Hall–Kier alpha value is -0.670. The van der Waals surface area contributed by atoms with Gasteiger partial charge in [0.2, 0.25) is 0 Å². The molecule has 54 valence electrons. The van der Waals surface area contributed by atoms with Crippen LogP contribution in [0.3, 0.4) is 0 Å². The normalized spacial score (nSPS) is 8.10. The first-order valence-electron chi connectivity index (χ1n) is 2.28. The number of hydrogen-bond acceptors (Lipinski definition) is 3. The van der Waals surface area contributed by atoms with Gasteiger partial charge in [0.05, 0.1) is 5.02 Å². The predicted molar refractivity (Wildman–Crippen MR) is 42.0 cm³/mol. The molecule has 1 rings (SSSR count). The van der Waals surface area contributed by atoms with E-state index in [4.69, 9.17) is 11.6 Å². The third kappa shape index (κ3) is 2.29. The van der Waals surface area contributed by atoms with Gasteiger partial charge >= 0.3 is 0 Å². The van der Waals surface area contributed by atoms with E-state index in [-0.39, 0.29) is 18.2 Å². The smallest absolute Gasteiger partial charge is 0.196 e. The van der Waals surface area contributed by atoms with Crippen LogP contribution in [0, 0.1) is 4.91 Å². The number of halogens is 2. The predicted octanol–water partition coefficient (Wildman–Crippen LogP) is 2.55. The van der Waals surface area contributed by atoms with Gasteiger partial charge in [-0.3, -0.25) is 0 Å². The van der Waals surface area contributed by atoms with Crippen molar-refractivity contribution in [2.45, 2.75) is 0 Å². The van der Waals surface area contributed by atoms with Crippen molar-refractivity contribution in [3.05, 3.63) is 28.3 Å². The summed E-state index contributed by atoms with van der Waals surface area (Å²) in [6, 6.07) is 3.01. The molecule has 0 unspecified atom stereocenters. The Kier molecular flexibility index (Phi) is 3.91. The van der Waals surface area contributed by atoms with Crippen LogP contribution in [0.5, 0.6) is 0 Å². The molecular weight excluding hydrogens is 175 g/mol. The second-order valence-corrected chi connectivity index (χ2v) is 1.86. The second kappa shape index (κ2) is 4.19. The maximum absolute atomic E-state index is 9.76. The minimum Gasteiger partial charge on any atom is -0.233 e. The van der Waals surface area contributed by atoms with Crippen molar-refractivity contribution in [1.82, 2.24) is 4.98 Å². The van der Waals surface area contributed by atoms with Crippen LogP contribution in [0.2, 0.25) is 5.02 Å². The van der Waals surface area contributed by atoms with E-state index in [1.807, 2.05) is 0 Å². The van der Waals surface area contributed by atoms with Crippen molar-refractivity contribution < 1.29 is 0 Å². The van der Waals surface area contributed by atoms with Crippen LogP contribution in [0.1, 0.15) is 0 Å². The molecule has 0 spiro atoms. The van der Waals surface area contributed by atoms with Gasteiger partial charge in [0.1, 0.15) is 0 Å². The summed E-state index contributed by atoms with van der Waals surface area (Å²) in [5.41, 5.74) is 0. The van der Waals surface area contributed by atoms with Crippen molar-refractivity contribution in [3.63, 3.8) is 0 Å². The lowest BCUT2D eigenvalue weighted by Crippen LogP contribution is -1.69. The van der Waals surface area contributed by atoms with Crippen LogP contribution in [0.4, 0.5) is 5.82 Å². The molecule has 0 fully saturated rings. The highest BCUT2D eigenvalue weighted by Crippen LogP contribution is 2.10. The zero-order valence-electron chi connectivity index (χ0n) is 4.82. The quantitative estimate of drug-likeness (QED) is 0.621. The second-order valence-electron chi connectivity index (χ2n) is 1.43. The minimum absolute atomic E-state index is 0. The monoisotopic (exact) mass is 178 g/mol. The fraction of sp³-hybridized carbons (Fsp3) is 0. The molecule has 1 heterocycles. The summed E-state index contributed by atoms with van der Waals surface area (Å²) in [6.45, 7) is 0. The first-order valence-corrected chi connectivity index (χ1v) is 2.65. The molecule has 0 saturated carbocycles. The molecule has 1 aromatic heterocycles. The van der Waals surface area contributed by atoms with Gasteiger partial charge < -0.3 is 0 Å². The molecule has 0 amide bonds. The van der Waals surface area contributed by atoms with E-state index >= 15 is 0 Å². The molecule has 10 heavy (non-hydrogen) atoms. The van der Waals surface area contributed by atoms with E-state index < -0.39 is 0 Å². The molecule has 0 aliphatic rings. The van der Waals surface area contributed by atoms with Gasteiger partial charge in [0.15, 0.2) is 5.82 Å². The van der Waals surface area contributed by atoms with Gasteiger partial charge in [-0.25, -0.2) is 4.98 Å². The lowest BCUT2D eigenvalue weighted by Gasteiger charge is -1.85. The molecule has 0 atom stereocenters. The topological polar surface area (TPSA) is 42.3 Å². The number of hydrogen-bond donors (Lipinski definition) is 0. The van der Waals surface area contributed by atoms with Crippen molar-refractivity contribution in [2.24, 2.45) is 5.18 Å². The van der Waals surface area contributed by atoms with E-state index in [2.05, 4.69) is 10.2 Å². The molecule has 0 saturated heterocycles. The molecule has 5 heteroatoms. The number of nitrogens with zero attached hydrogens (tertiary/aromatic N) is 2. The number of pyridine rings is 1. The third-order valence-electron chi connectivity index (χ3n) is 0.805. The number of rotatable bonds is 1. The fourth-order valence-corrected chi connectivity index (χ4v) is 0.534. The molecular formula is C5H4Cl2N2O. The molecule has 1 aromatic rings. The number of nitroso groups, excluding NO2 is 1. The molecule has 0 aromatic carbocycles. The summed E-state index contributed by atoms with van der Waals surface area (Å²) in [4.78, 5) is 13.3. The van der Waals surface area contributed by atoms with E-state index in [0.29, 0.717) is 5.02 Å². The van der Waals surface area contributed by atoms with Gasteiger partial charge in [-0.05, 0) is 17.3 Å². The zero-order chi connectivity index (χ0) is 6.69. The zero-order valence-corrected chi connectivity index (χ0v) is 6.39. The van der Waals surface area contributed by atoms with Gasteiger partial charge in [-0.15, -0.1) is 17.3 Å². The van der Waals surface area contributed by atoms with E-state index in [1.54, 1.807) is 6.07 Å². The highest BCUT2D eigenvalue weighted by atomic mass is 35.5. The van der Waals surface area contributed by atoms with Gasteiger partial charge in [-0.2, -0.15) is 0 Å². The first kappa shape index (κ1) is 9.33. The van der Waals surface area contributed by atoms with Crippen LogP contribution in [-0.2, 0) is 0 Å². The Labute approximate surface area is 68.8 Å². The van der Waals surface area contributed by atoms with Crippen LogP contribution in [0.25, 0.3) is 0 Å². The van der Waals surface area contributed by atoms with Crippen LogP contribution >= 0.6 is 24.0 Å². The largest absolute Gasteiger partial charge is 0.233 e. The van der Waals surface area contributed by atoms with Crippen molar-refractivity contribution in [1.29, 1.82) is 0 Å². The summed E-state index contributed by atoms with van der Waals surface area (Å²) in [5, 5.41) is 3.09. The molecule has 0 aliphatic heterocycles. The first-order chi connectivity index (χ1) is 4.33. The lowest BCUT2D eigenvalue weighted by atomic mass is 10.5. The summed E-state index contributed by atoms with van der Waals surface area (Å²) in [6.07, 6.45) is 1.37. The summed E-state index contributed by atoms with van der Waals surface area (Å²) >= 11 is 5.46. The average Bonchev–Trinajstić information content (AvgIpc) is 1.90. The summed E-state index contributed by atoms with van der Waals surface area (Å²) < 4.78 is 0. The standard InChI is InChI=1S/C5H3ClN2O.ClH/c6-4-1-2-5(8-9)7-3-4;/h1-3H;1H. The van der Waals surface area contributed by atoms with Gasteiger partial charge in [-0.1, -0.05) is 11.6 Å². The lowest BCUT2D eigenvalue weighted by molar-refractivity contribution is 1.27. The molecule has 0 N–H and O–H groups in total. The van der Waals surface area contributed by atoms with E-state index in [1.165, 1.54) is 12.3 Å². The average molecular weight is 179 g/mol. The Morgan fingerprint density at radius 2 is 2.20 bits per heavy atom. The Morgan fingerprint density at radius 3 is 2.60 bits per heavy atom. The summed E-state index contributed by atoms with van der Waals surface area (Å²) in [7, 11) is 0. The van der Waals surface area contributed by atoms with Crippen LogP contribution in [-0.4, -0.2) is 4.98 Å². The molecule has 0 radical (unpaired) electrons. The van der Waals surface area contributed by atoms with E-state index in [9.17, 15) is 4.91 Å². The Balaban J connectivity index is 0.000000810. The van der Waals surface area contributed by atoms with Crippen LogP contribution in [0.15, 0.2) is 23.5 Å². The minimum atomic E-state index is 0. The van der Waals surface area contributed by atoms with Crippen molar-refractivity contribution >= 4 is 29.8 Å². The SMILES string of the molecule is Cl.O=Nc1ccc(Cl)cn1. The molecule has 0 aliphatic carbocycles. The fourth-order valence-electron chi connectivity index (χ4n) is 0.422. The third-order valence-corrected chi connectivity index (χ3v) is 1.03. The molecule has 3 nitrogen and oxygen atoms in total. The Morgan fingerprint density at radius 1 is 1.50 bits per heavy atom. The summed E-state index contributed by atoms with van der Waals surface area (Å²) in [5.74, 6) is 0.152. The molecule has 0 bridgehead atoms. The Bertz CT molecular complexity index is 211. The number of aromatic nitrogens is 1.